The number of rotatable bonds is 9. The van der Waals surface area contributed by atoms with Gasteiger partial charge in [-0.2, -0.15) is 0 Å². The molecule has 7 nitrogen and oxygen atoms in total. The summed E-state index contributed by atoms with van der Waals surface area (Å²) in [5.41, 5.74) is 9.42. The maximum atomic E-state index is 5.92. The van der Waals surface area contributed by atoms with Crippen molar-refractivity contribution in [3.8, 4) is 11.5 Å². The summed E-state index contributed by atoms with van der Waals surface area (Å²) in [5, 5.41) is 0. The number of hydrazine groups is 1. The lowest BCUT2D eigenvalue weighted by Gasteiger charge is -2.20. The Hall–Kier alpha value is -2.61. The van der Waals surface area contributed by atoms with Crippen LogP contribution in [0.4, 0.5) is 0 Å². The van der Waals surface area contributed by atoms with E-state index in [4.69, 9.17) is 14.5 Å². The zero-order chi connectivity index (χ0) is 22.6. The molecule has 0 saturated carbocycles. The predicted molar refractivity (Wildman–Crippen MR) is 130 cm³/mol. The molecule has 3 heterocycles. The molecule has 7 heteroatoms. The molecule has 176 valence electrons. The van der Waals surface area contributed by atoms with Crippen molar-refractivity contribution in [3.63, 3.8) is 0 Å². The fourth-order valence-corrected chi connectivity index (χ4v) is 5.27. The van der Waals surface area contributed by atoms with Crippen molar-refractivity contribution in [2.24, 2.45) is 5.92 Å². The van der Waals surface area contributed by atoms with Crippen molar-refractivity contribution in [1.82, 2.24) is 25.3 Å². The average molecular weight is 450 g/mol. The van der Waals surface area contributed by atoms with Gasteiger partial charge in [-0.15, -0.1) is 0 Å². The molecule has 0 bridgehead atoms. The summed E-state index contributed by atoms with van der Waals surface area (Å²) in [6, 6.07) is 17.2. The zero-order valence-corrected chi connectivity index (χ0v) is 19.7. The van der Waals surface area contributed by atoms with Gasteiger partial charge in [-0.05, 0) is 75.0 Å². The predicted octanol–water partition coefficient (Wildman–Crippen LogP) is 3.59. The fourth-order valence-electron chi connectivity index (χ4n) is 5.27. The second-order valence-corrected chi connectivity index (χ2v) is 9.19. The first-order valence-corrected chi connectivity index (χ1v) is 12.2. The van der Waals surface area contributed by atoms with E-state index in [0.717, 1.165) is 56.0 Å². The number of likely N-dealkylation sites (tertiary alicyclic amines) is 1. The Morgan fingerprint density at radius 2 is 1.88 bits per heavy atom. The van der Waals surface area contributed by atoms with E-state index < -0.39 is 0 Å². The molecule has 2 N–H and O–H groups in total. The number of hydrogen-bond donors (Lipinski definition) is 2. The molecule has 2 aromatic carbocycles. The Morgan fingerprint density at radius 1 is 1.06 bits per heavy atom. The van der Waals surface area contributed by atoms with E-state index in [-0.39, 0.29) is 0 Å². The molecule has 2 fully saturated rings. The van der Waals surface area contributed by atoms with Crippen LogP contribution in [0.2, 0.25) is 0 Å². The Balaban J connectivity index is 1.09. The molecule has 2 saturated heterocycles. The first kappa shape index (κ1) is 22.2. The summed E-state index contributed by atoms with van der Waals surface area (Å²) in [6.45, 7) is 7.07. The highest BCUT2D eigenvalue weighted by molar-refractivity contribution is 5.75. The largest absolute Gasteiger partial charge is 0.497 e. The second-order valence-electron chi connectivity index (χ2n) is 9.19. The monoisotopic (exact) mass is 449 g/mol. The molecule has 0 aliphatic carbocycles. The summed E-state index contributed by atoms with van der Waals surface area (Å²) >= 11 is 0. The van der Waals surface area contributed by atoms with Crippen LogP contribution >= 0.6 is 0 Å². The Kier molecular flexibility index (Phi) is 6.80. The molecule has 0 amide bonds. The number of aromatic nitrogens is 2. The van der Waals surface area contributed by atoms with Gasteiger partial charge in [0.1, 0.15) is 17.3 Å². The Morgan fingerprint density at radius 3 is 2.70 bits per heavy atom. The highest BCUT2D eigenvalue weighted by atomic mass is 16.5. The summed E-state index contributed by atoms with van der Waals surface area (Å²) in [7, 11) is 1.68. The Labute approximate surface area is 196 Å². The maximum Gasteiger partial charge on any atom is 0.124 e. The molecule has 3 aromatic rings. The number of hydrogen-bond acceptors (Lipinski definition) is 6. The molecule has 2 aliphatic rings. The van der Waals surface area contributed by atoms with Crippen LogP contribution in [-0.4, -0.2) is 53.3 Å². The number of fused-ring (bicyclic) bond motifs is 1. The first-order chi connectivity index (χ1) is 16.2. The van der Waals surface area contributed by atoms with Gasteiger partial charge in [0.15, 0.2) is 0 Å². The lowest BCUT2D eigenvalue weighted by Crippen LogP contribution is -2.38. The van der Waals surface area contributed by atoms with Gasteiger partial charge in [0.25, 0.3) is 0 Å². The number of benzene rings is 2. The molecule has 5 rings (SSSR count). The molecular formula is C26H35N5O2. The van der Waals surface area contributed by atoms with Crippen molar-refractivity contribution in [2.45, 2.75) is 51.4 Å². The van der Waals surface area contributed by atoms with E-state index in [9.17, 15) is 0 Å². The number of nitrogens with one attached hydrogen (secondary N) is 2. The summed E-state index contributed by atoms with van der Waals surface area (Å²) in [6.07, 6.45) is 3.38. The minimum absolute atomic E-state index is 0.451. The minimum Gasteiger partial charge on any atom is -0.497 e. The molecular weight excluding hydrogens is 414 g/mol. The summed E-state index contributed by atoms with van der Waals surface area (Å²) < 4.78 is 13.5. The molecule has 2 aliphatic heterocycles. The van der Waals surface area contributed by atoms with Gasteiger partial charge in [-0.25, -0.2) is 4.98 Å². The van der Waals surface area contributed by atoms with Gasteiger partial charge in [-0.3, -0.25) is 15.8 Å². The fraction of sp³-hybridized carbons (Fsp3) is 0.500. The van der Waals surface area contributed by atoms with Crippen molar-refractivity contribution in [3.05, 3.63) is 54.4 Å². The SMILES string of the molecule is CCn1c(CN2CCC(C3CC(CCOc4ccc(OC)cc4)NN3)C2)nc2ccccc21. The highest BCUT2D eigenvalue weighted by Crippen LogP contribution is 2.27. The smallest absolute Gasteiger partial charge is 0.124 e. The summed E-state index contributed by atoms with van der Waals surface area (Å²) in [4.78, 5) is 7.49. The number of aryl methyl sites for hydroxylation is 1. The van der Waals surface area contributed by atoms with Crippen molar-refractivity contribution in [1.29, 1.82) is 0 Å². The van der Waals surface area contributed by atoms with Crippen molar-refractivity contribution in [2.75, 3.05) is 26.8 Å². The number of methoxy groups -OCH3 is 1. The topological polar surface area (TPSA) is 63.6 Å². The lowest BCUT2D eigenvalue weighted by molar-refractivity contribution is 0.285. The standard InChI is InChI=1S/C26H35N5O2/c1-3-31-25-7-5-4-6-23(25)27-26(31)18-30-14-12-19(17-30)24-16-20(28-29-24)13-15-33-22-10-8-21(32-2)9-11-22/h4-11,19-20,24,28-29H,3,12-18H2,1-2H3. The van der Waals surface area contributed by atoms with E-state index in [2.05, 4.69) is 51.5 Å². The van der Waals surface area contributed by atoms with Crippen LogP contribution in [0.15, 0.2) is 48.5 Å². The zero-order valence-electron chi connectivity index (χ0n) is 19.7. The number of ether oxygens (including phenoxy) is 2. The van der Waals surface area contributed by atoms with Crippen LogP contribution in [0.1, 0.15) is 32.0 Å². The van der Waals surface area contributed by atoms with Gasteiger partial charge >= 0.3 is 0 Å². The third-order valence-electron chi connectivity index (χ3n) is 7.10. The molecule has 33 heavy (non-hydrogen) atoms. The summed E-state index contributed by atoms with van der Waals surface area (Å²) in [5.74, 6) is 3.60. The van der Waals surface area contributed by atoms with Crippen LogP contribution in [0, 0.1) is 5.92 Å². The van der Waals surface area contributed by atoms with E-state index >= 15 is 0 Å². The number of para-hydroxylation sites is 2. The van der Waals surface area contributed by atoms with Crippen molar-refractivity contribution >= 4 is 11.0 Å². The quantitative estimate of drug-likeness (QED) is 0.521. The third kappa shape index (κ3) is 5.00. The normalized spacial score (nSPS) is 23.4. The van der Waals surface area contributed by atoms with Gasteiger partial charge < -0.3 is 14.0 Å². The van der Waals surface area contributed by atoms with E-state index in [1.54, 1.807) is 7.11 Å². The van der Waals surface area contributed by atoms with Crippen LogP contribution in [-0.2, 0) is 13.1 Å². The average Bonchev–Trinajstić information content (AvgIpc) is 3.58. The van der Waals surface area contributed by atoms with Crippen LogP contribution in [0.3, 0.4) is 0 Å². The minimum atomic E-state index is 0.451. The first-order valence-electron chi connectivity index (χ1n) is 12.2. The van der Waals surface area contributed by atoms with Crippen molar-refractivity contribution < 1.29 is 9.47 Å². The highest BCUT2D eigenvalue weighted by Gasteiger charge is 2.34. The van der Waals surface area contributed by atoms with E-state index in [1.165, 1.54) is 17.8 Å². The third-order valence-corrected chi connectivity index (χ3v) is 7.10. The molecule has 0 radical (unpaired) electrons. The van der Waals surface area contributed by atoms with Gasteiger partial charge in [-0.1, -0.05) is 12.1 Å². The van der Waals surface area contributed by atoms with Crippen LogP contribution < -0.4 is 20.3 Å². The van der Waals surface area contributed by atoms with Gasteiger partial charge in [0, 0.05) is 25.2 Å². The molecule has 1 aromatic heterocycles. The lowest BCUT2D eigenvalue weighted by atomic mass is 9.94. The van der Waals surface area contributed by atoms with Gasteiger partial charge in [0.05, 0.1) is 31.3 Å². The van der Waals surface area contributed by atoms with E-state index in [1.807, 2.05) is 24.3 Å². The molecule has 3 atom stereocenters. The Bertz CT molecular complexity index is 1050. The molecule has 0 spiro atoms. The van der Waals surface area contributed by atoms with E-state index in [0.29, 0.717) is 24.6 Å². The van der Waals surface area contributed by atoms with Crippen LogP contribution in [0.25, 0.3) is 11.0 Å². The number of nitrogens with zero attached hydrogens (tertiary/aromatic N) is 3. The molecule has 3 unspecified atom stereocenters. The van der Waals surface area contributed by atoms with Crippen LogP contribution in [0.5, 0.6) is 11.5 Å². The van der Waals surface area contributed by atoms with Gasteiger partial charge in [0.2, 0.25) is 0 Å². The second kappa shape index (κ2) is 10.1. The maximum absolute atomic E-state index is 5.92. The number of imidazole rings is 1.